The van der Waals surface area contributed by atoms with Gasteiger partial charge in [0.2, 0.25) is 0 Å². The minimum atomic E-state index is 0.414. The molecular formula is C11H13NO2. The van der Waals surface area contributed by atoms with Gasteiger partial charge in [0.1, 0.15) is 5.76 Å². The number of hydrogen-bond acceptors (Lipinski definition) is 3. The molecule has 0 amide bonds. The van der Waals surface area contributed by atoms with Crippen molar-refractivity contribution in [3.05, 3.63) is 24.5 Å². The SMILES string of the molecule is C=Cc1ccc(N2CC3CC2CO3)o1. The predicted octanol–water partition coefficient (Wildman–Crippen LogP) is 1.90. The highest BCUT2D eigenvalue weighted by Gasteiger charge is 2.40. The van der Waals surface area contributed by atoms with Gasteiger partial charge < -0.3 is 14.1 Å². The van der Waals surface area contributed by atoms with Gasteiger partial charge in [-0.1, -0.05) is 6.58 Å². The Morgan fingerprint density at radius 2 is 2.43 bits per heavy atom. The van der Waals surface area contributed by atoms with Crippen molar-refractivity contribution in [2.24, 2.45) is 0 Å². The van der Waals surface area contributed by atoms with Gasteiger partial charge in [-0.2, -0.15) is 0 Å². The van der Waals surface area contributed by atoms with Crippen molar-refractivity contribution in [1.82, 2.24) is 0 Å². The van der Waals surface area contributed by atoms with Crippen molar-refractivity contribution in [2.45, 2.75) is 18.6 Å². The third kappa shape index (κ3) is 1.09. The Kier molecular flexibility index (Phi) is 1.67. The highest BCUT2D eigenvalue weighted by atomic mass is 16.5. The zero-order valence-corrected chi connectivity index (χ0v) is 7.98. The summed E-state index contributed by atoms with van der Waals surface area (Å²) in [4.78, 5) is 2.29. The third-order valence-electron chi connectivity index (χ3n) is 3.00. The van der Waals surface area contributed by atoms with Crippen LogP contribution in [0.25, 0.3) is 6.08 Å². The first kappa shape index (κ1) is 8.12. The number of furan rings is 1. The van der Waals surface area contributed by atoms with Gasteiger partial charge in [0, 0.05) is 12.6 Å². The Morgan fingerprint density at radius 1 is 1.50 bits per heavy atom. The molecule has 2 bridgehead atoms. The molecule has 2 unspecified atom stereocenters. The van der Waals surface area contributed by atoms with Crippen LogP contribution in [0.5, 0.6) is 0 Å². The molecule has 14 heavy (non-hydrogen) atoms. The molecule has 2 aliphatic heterocycles. The van der Waals surface area contributed by atoms with E-state index in [-0.39, 0.29) is 0 Å². The molecular weight excluding hydrogens is 178 g/mol. The Balaban J connectivity index is 1.85. The maximum atomic E-state index is 5.62. The molecule has 2 fully saturated rings. The lowest BCUT2D eigenvalue weighted by Crippen LogP contribution is -2.36. The first-order chi connectivity index (χ1) is 6.86. The fraction of sp³-hybridized carbons (Fsp3) is 0.455. The molecule has 2 saturated heterocycles. The summed E-state index contributed by atoms with van der Waals surface area (Å²) in [5.74, 6) is 1.79. The summed E-state index contributed by atoms with van der Waals surface area (Å²) >= 11 is 0. The average Bonchev–Trinajstić information content (AvgIpc) is 2.93. The highest BCUT2D eigenvalue weighted by Crippen LogP contribution is 2.33. The van der Waals surface area contributed by atoms with E-state index in [1.54, 1.807) is 6.08 Å². The number of rotatable bonds is 2. The van der Waals surface area contributed by atoms with Crippen LogP contribution in [-0.4, -0.2) is 25.3 Å². The Morgan fingerprint density at radius 3 is 3.00 bits per heavy atom. The van der Waals surface area contributed by atoms with Crippen molar-refractivity contribution < 1.29 is 9.15 Å². The highest BCUT2D eigenvalue weighted by molar-refractivity contribution is 5.48. The first-order valence-corrected chi connectivity index (χ1v) is 4.97. The van der Waals surface area contributed by atoms with Gasteiger partial charge in [0.25, 0.3) is 0 Å². The molecule has 3 nitrogen and oxygen atoms in total. The molecule has 0 radical (unpaired) electrons. The van der Waals surface area contributed by atoms with Crippen LogP contribution in [0.1, 0.15) is 12.2 Å². The molecule has 3 rings (SSSR count). The van der Waals surface area contributed by atoms with Crippen LogP contribution >= 0.6 is 0 Å². The van der Waals surface area contributed by atoms with E-state index in [0.29, 0.717) is 12.1 Å². The third-order valence-corrected chi connectivity index (χ3v) is 3.00. The summed E-state index contributed by atoms with van der Waals surface area (Å²) in [5.41, 5.74) is 0. The lowest BCUT2D eigenvalue weighted by atomic mass is 10.2. The minimum absolute atomic E-state index is 0.414. The molecule has 0 N–H and O–H groups in total. The topological polar surface area (TPSA) is 25.6 Å². The quantitative estimate of drug-likeness (QED) is 0.714. The van der Waals surface area contributed by atoms with E-state index in [0.717, 1.165) is 31.2 Å². The second kappa shape index (κ2) is 2.89. The molecule has 0 aliphatic carbocycles. The van der Waals surface area contributed by atoms with Gasteiger partial charge in [-0.05, 0) is 18.6 Å². The smallest absolute Gasteiger partial charge is 0.196 e. The zero-order chi connectivity index (χ0) is 9.54. The van der Waals surface area contributed by atoms with E-state index >= 15 is 0 Å². The number of anilines is 1. The number of ether oxygens (including phenoxy) is 1. The summed E-state index contributed by atoms with van der Waals surface area (Å²) in [6, 6.07) is 4.48. The van der Waals surface area contributed by atoms with Crippen LogP contribution in [0, 0.1) is 0 Å². The molecule has 1 aromatic rings. The van der Waals surface area contributed by atoms with Crippen LogP contribution < -0.4 is 4.90 Å². The summed E-state index contributed by atoms with van der Waals surface area (Å²) in [6.45, 7) is 5.49. The van der Waals surface area contributed by atoms with Crippen LogP contribution in [-0.2, 0) is 4.74 Å². The van der Waals surface area contributed by atoms with Crippen molar-refractivity contribution >= 4 is 12.0 Å². The van der Waals surface area contributed by atoms with Gasteiger partial charge in [0.15, 0.2) is 5.88 Å². The second-order valence-corrected chi connectivity index (χ2v) is 3.88. The predicted molar refractivity (Wildman–Crippen MR) is 54.3 cm³/mol. The summed E-state index contributed by atoms with van der Waals surface area (Å²) in [5, 5.41) is 0. The van der Waals surface area contributed by atoms with Crippen LogP contribution in [0.4, 0.5) is 5.88 Å². The fourth-order valence-electron chi connectivity index (χ4n) is 2.28. The number of nitrogens with zero attached hydrogens (tertiary/aromatic N) is 1. The van der Waals surface area contributed by atoms with Crippen molar-refractivity contribution in [3.8, 4) is 0 Å². The molecule has 0 spiro atoms. The number of morpholine rings is 1. The van der Waals surface area contributed by atoms with Crippen molar-refractivity contribution in [1.29, 1.82) is 0 Å². The van der Waals surface area contributed by atoms with Gasteiger partial charge in [-0.25, -0.2) is 0 Å². The standard InChI is InChI=1S/C11H13NO2/c1-2-9-3-4-11(14-9)12-6-10-5-8(12)7-13-10/h2-4,8,10H,1,5-7H2. The van der Waals surface area contributed by atoms with Crippen molar-refractivity contribution in [2.75, 3.05) is 18.1 Å². The summed E-state index contributed by atoms with van der Waals surface area (Å²) in [7, 11) is 0. The van der Waals surface area contributed by atoms with Gasteiger partial charge >= 0.3 is 0 Å². The molecule has 3 heteroatoms. The van der Waals surface area contributed by atoms with E-state index < -0.39 is 0 Å². The van der Waals surface area contributed by atoms with Crippen LogP contribution in [0.15, 0.2) is 23.1 Å². The molecule has 0 aromatic carbocycles. The first-order valence-electron chi connectivity index (χ1n) is 4.97. The summed E-state index contributed by atoms with van der Waals surface area (Å²) < 4.78 is 11.2. The Labute approximate surface area is 83.0 Å². The maximum absolute atomic E-state index is 5.62. The summed E-state index contributed by atoms with van der Waals surface area (Å²) in [6.07, 6.45) is 3.29. The van der Waals surface area contributed by atoms with E-state index in [9.17, 15) is 0 Å². The van der Waals surface area contributed by atoms with Gasteiger partial charge in [-0.3, -0.25) is 0 Å². The van der Waals surface area contributed by atoms with E-state index in [1.165, 1.54) is 0 Å². The second-order valence-electron chi connectivity index (χ2n) is 3.88. The van der Waals surface area contributed by atoms with Gasteiger partial charge in [-0.15, -0.1) is 0 Å². The lowest BCUT2D eigenvalue weighted by molar-refractivity contribution is 0.0977. The minimum Gasteiger partial charge on any atom is -0.441 e. The van der Waals surface area contributed by atoms with E-state index in [2.05, 4.69) is 11.5 Å². The monoisotopic (exact) mass is 191 g/mol. The largest absolute Gasteiger partial charge is 0.441 e. The van der Waals surface area contributed by atoms with Crippen LogP contribution in [0.2, 0.25) is 0 Å². The maximum Gasteiger partial charge on any atom is 0.196 e. The molecule has 1 aromatic heterocycles. The molecule has 3 heterocycles. The number of hydrogen-bond donors (Lipinski definition) is 0. The molecule has 0 saturated carbocycles. The zero-order valence-electron chi connectivity index (χ0n) is 7.98. The molecule has 2 atom stereocenters. The molecule has 2 aliphatic rings. The van der Waals surface area contributed by atoms with Crippen molar-refractivity contribution in [3.63, 3.8) is 0 Å². The Hall–Kier alpha value is -1.22. The molecule has 74 valence electrons. The lowest BCUT2D eigenvalue weighted by Gasteiger charge is -2.26. The average molecular weight is 191 g/mol. The number of fused-ring (bicyclic) bond motifs is 2. The fourth-order valence-corrected chi connectivity index (χ4v) is 2.28. The van der Waals surface area contributed by atoms with Crippen LogP contribution in [0.3, 0.4) is 0 Å². The van der Waals surface area contributed by atoms with E-state index in [1.807, 2.05) is 12.1 Å². The van der Waals surface area contributed by atoms with Gasteiger partial charge in [0.05, 0.1) is 18.8 Å². The van der Waals surface area contributed by atoms with E-state index in [4.69, 9.17) is 9.15 Å². The normalized spacial score (nSPS) is 29.9. The Bertz CT molecular complexity index is 358.